The third-order valence-electron chi connectivity index (χ3n) is 6.40. The predicted octanol–water partition coefficient (Wildman–Crippen LogP) is 6.48. The van der Waals surface area contributed by atoms with Crippen LogP contribution in [0.25, 0.3) is 0 Å². The van der Waals surface area contributed by atoms with Crippen molar-refractivity contribution in [3.63, 3.8) is 0 Å². The molecule has 220 valence electrons. The first-order chi connectivity index (χ1) is 20.4. The highest BCUT2D eigenvalue weighted by molar-refractivity contribution is 5.90. The molecule has 0 saturated heterocycles. The van der Waals surface area contributed by atoms with E-state index < -0.39 is 18.0 Å². The summed E-state index contributed by atoms with van der Waals surface area (Å²) in [7, 11) is 1.34. The molecule has 0 bridgehead atoms. The van der Waals surface area contributed by atoms with Crippen LogP contribution in [0.2, 0.25) is 0 Å². The van der Waals surface area contributed by atoms with Crippen molar-refractivity contribution in [2.45, 2.75) is 38.7 Å². The molecule has 0 radical (unpaired) electrons. The number of unbranched alkanes of at least 4 members (excludes halogenated alkanes) is 3. The lowest BCUT2D eigenvalue weighted by Crippen LogP contribution is -2.06. The molecule has 3 aromatic rings. The average Bonchev–Trinajstić information content (AvgIpc) is 3.02. The summed E-state index contributed by atoms with van der Waals surface area (Å²) in [4.78, 5) is 27.4. The molecule has 1 N–H and O–H groups in total. The number of nitrogens with zero attached hydrogens (tertiary/aromatic N) is 2. The van der Waals surface area contributed by atoms with Crippen LogP contribution >= 0.6 is 0 Å². The summed E-state index contributed by atoms with van der Waals surface area (Å²) in [6.07, 6.45) is 7.36. The monoisotopic (exact) mass is 572 g/mol. The molecule has 3 aromatic carbocycles. The molecule has 0 spiro atoms. The zero-order chi connectivity index (χ0) is 30.2. The largest absolute Gasteiger partial charge is 0.494 e. The first-order valence-electron chi connectivity index (χ1n) is 13.6. The van der Waals surface area contributed by atoms with Gasteiger partial charge in [0.1, 0.15) is 11.9 Å². The Balaban J connectivity index is 1.49. The number of benzene rings is 3. The Morgan fingerprint density at radius 3 is 2.14 bits per heavy atom. The van der Waals surface area contributed by atoms with Gasteiger partial charge in [0.2, 0.25) is 0 Å². The van der Waals surface area contributed by atoms with Gasteiger partial charge in [-0.3, -0.25) is 5.26 Å². The van der Waals surface area contributed by atoms with E-state index in [9.17, 15) is 14.8 Å². The Labute approximate surface area is 246 Å². The Morgan fingerprint density at radius 2 is 1.52 bits per heavy atom. The minimum absolute atomic E-state index is 0.391. The van der Waals surface area contributed by atoms with Crippen LogP contribution in [-0.2, 0) is 19.2 Å². The van der Waals surface area contributed by atoms with Crippen molar-refractivity contribution in [1.29, 1.82) is 0 Å². The van der Waals surface area contributed by atoms with Gasteiger partial charge in [0.15, 0.2) is 0 Å². The molecular weight excluding hydrogens is 536 g/mol. The van der Waals surface area contributed by atoms with Crippen LogP contribution < -0.4 is 4.74 Å². The van der Waals surface area contributed by atoms with Gasteiger partial charge in [-0.25, -0.2) is 14.5 Å². The third-order valence-corrected chi connectivity index (χ3v) is 6.40. The average molecular weight is 573 g/mol. The van der Waals surface area contributed by atoms with E-state index in [1.54, 1.807) is 36.7 Å². The van der Waals surface area contributed by atoms with E-state index in [0.29, 0.717) is 18.8 Å². The standard InChI is InChI=1S/C33H36N2O7/c1-4-31(36)41-20-8-6-5-7-19-40-29-16-14-27(15-17-29)32(42-38)30-18-11-26(21-24(30)2)23-35-34-22-25-9-12-28(13-10-25)33(37)39-3/h4,9-18,21-23,32,38H,1,5-8,19-20H2,2-3H3/b34-22-,35-23-. The van der Waals surface area contributed by atoms with Crippen LogP contribution in [0.15, 0.2) is 89.6 Å². The van der Waals surface area contributed by atoms with E-state index in [0.717, 1.165) is 59.3 Å². The second kappa shape index (κ2) is 17.3. The Hall–Kier alpha value is -4.60. The van der Waals surface area contributed by atoms with E-state index >= 15 is 0 Å². The summed E-state index contributed by atoms with van der Waals surface area (Å²) in [5, 5.41) is 17.9. The molecule has 9 nitrogen and oxygen atoms in total. The minimum atomic E-state index is -0.661. The zero-order valence-corrected chi connectivity index (χ0v) is 23.9. The van der Waals surface area contributed by atoms with Gasteiger partial charge in [-0.05, 0) is 84.7 Å². The van der Waals surface area contributed by atoms with E-state index in [1.165, 1.54) is 13.2 Å². The Bertz CT molecular complexity index is 1370. The predicted molar refractivity (Wildman–Crippen MR) is 161 cm³/mol. The number of carbonyl (C=O) groups is 2. The van der Waals surface area contributed by atoms with E-state index in [-0.39, 0.29) is 0 Å². The first kappa shape index (κ1) is 31.9. The van der Waals surface area contributed by atoms with Crippen molar-refractivity contribution < 1.29 is 33.9 Å². The summed E-state index contributed by atoms with van der Waals surface area (Å²) in [5.41, 5.74) is 4.62. The number of ether oxygens (including phenoxy) is 3. The maximum absolute atomic E-state index is 11.5. The molecule has 0 heterocycles. The quantitative estimate of drug-likeness (QED) is 0.0521. The van der Waals surface area contributed by atoms with Crippen molar-refractivity contribution in [3.05, 3.63) is 113 Å². The molecule has 0 aliphatic heterocycles. The molecule has 0 saturated carbocycles. The van der Waals surface area contributed by atoms with Crippen molar-refractivity contribution in [3.8, 4) is 5.75 Å². The van der Waals surface area contributed by atoms with E-state index in [1.807, 2.05) is 49.4 Å². The van der Waals surface area contributed by atoms with Crippen LogP contribution in [0.1, 0.15) is 70.0 Å². The SMILES string of the molecule is C=CC(=O)OCCCCCCOc1ccc(C(OO)c2ccc(/C=N\N=C/c3ccc(C(=O)OC)cc3)cc2C)cc1. The van der Waals surface area contributed by atoms with Crippen LogP contribution in [0.3, 0.4) is 0 Å². The van der Waals surface area contributed by atoms with Crippen LogP contribution in [0.5, 0.6) is 5.75 Å². The Kier molecular flexibility index (Phi) is 13.1. The van der Waals surface area contributed by atoms with Gasteiger partial charge in [-0.2, -0.15) is 10.2 Å². The number of esters is 2. The summed E-state index contributed by atoms with van der Waals surface area (Å²) in [5.74, 6) is -0.0479. The highest BCUT2D eigenvalue weighted by atomic mass is 17.1. The second-order valence-corrected chi connectivity index (χ2v) is 9.41. The molecule has 42 heavy (non-hydrogen) atoms. The zero-order valence-electron chi connectivity index (χ0n) is 23.9. The van der Waals surface area contributed by atoms with Gasteiger partial charge in [0.25, 0.3) is 0 Å². The lowest BCUT2D eigenvalue weighted by Gasteiger charge is -2.17. The van der Waals surface area contributed by atoms with Gasteiger partial charge < -0.3 is 14.2 Å². The molecule has 0 fully saturated rings. The highest BCUT2D eigenvalue weighted by Gasteiger charge is 2.17. The number of aryl methyl sites for hydroxylation is 1. The van der Waals surface area contributed by atoms with Gasteiger partial charge in [0.05, 0.1) is 38.3 Å². The van der Waals surface area contributed by atoms with Crippen LogP contribution in [0.4, 0.5) is 0 Å². The third kappa shape index (κ3) is 10.1. The van der Waals surface area contributed by atoms with E-state index in [2.05, 4.69) is 16.8 Å². The number of methoxy groups -OCH3 is 1. The van der Waals surface area contributed by atoms with Crippen molar-refractivity contribution >= 4 is 24.4 Å². The topological polar surface area (TPSA) is 116 Å². The first-order valence-corrected chi connectivity index (χ1v) is 13.6. The maximum atomic E-state index is 11.5. The highest BCUT2D eigenvalue weighted by Crippen LogP contribution is 2.29. The summed E-state index contributed by atoms with van der Waals surface area (Å²) >= 11 is 0. The maximum Gasteiger partial charge on any atom is 0.337 e. The molecule has 3 rings (SSSR count). The number of hydrogen-bond acceptors (Lipinski definition) is 9. The fourth-order valence-electron chi connectivity index (χ4n) is 4.11. The molecule has 1 unspecified atom stereocenters. The molecule has 0 aliphatic carbocycles. The Morgan fingerprint density at radius 1 is 0.881 bits per heavy atom. The second-order valence-electron chi connectivity index (χ2n) is 9.41. The van der Waals surface area contributed by atoms with E-state index in [4.69, 9.17) is 19.1 Å². The summed E-state index contributed by atoms with van der Waals surface area (Å²) in [6.45, 7) is 6.29. The number of hydrogen-bond donors (Lipinski definition) is 1. The molecule has 0 amide bonds. The van der Waals surface area contributed by atoms with Crippen molar-refractivity contribution in [2.75, 3.05) is 20.3 Å². The summed E-state index contributed by atoms with van der Waals surface area (Å²) < 4.78 is 15.5. The molecule has 9 heteroatoms. The van der Waals surface area contributed by atoms with Gasteiger partial charge >= 0.3 is 11.9 Å². The van der Waals surface area contributed by atoms with Gasteiger partial charge in [-0.1, -0.05) is 49.0 Å². The fourth-order valence-corrected chi connectivity index (χ4v) is 4.11. The van der Waals surface area contributed by atoms with Crippen LogP contribution in [-0.4, -0.2) is 49.9 Å². The van der Waals surface area contributed by atoms with Crippen molar-refractivity contribution in [1.82, 2.24) is 0 Å². The summed E-state index contributed by atoms with van der Waals surface area (Å²) in [6, 6.07) is 20.0. The van der Waals surface area contributed by atoms with Crippen molar-refractivity contribution in [2.24, 2.45) is 10.2 Å². The molecule has 0 aromatic heterocycles. The minimum Gasteiger partial charge on any atom is -0.494 e. The van der Waals surface area contributed by atoms with Gasteiger partial charge in [-0.15, -0.1) is 0 Å². The lowest BCUT2D eigenvalue weighted by molar-refractivity contribution is -0.270. The molecule has 0 aliphatic rings. The fraction of sp³-hybridized carbons (Fsp3) is 0.273. The van der Waals surface area contributed by atoms with Crippen LogP contribution in [0, 0.1) is 6.92 Å². The van der Waals surface area contributed by atoms with Gasteiger partial charge in [0, 0.05) is 6.08 Å². The molecular formula is C33H36N2O7. The normalized spacial score (nSPS) is 11.9. The number of carbonyl (C=O) groups excluding carboxylic acids is 2. The lowest BCUT2D eigenvalue weighted by atomic mass is 9.96. The number of rotatable bonds is 16. The molecule has 1 atom stereocenters. The smallest absolute Gasteiger partial charge is 0.337 e.